The number of aryl methyl sites for hydroxylation is 1. The van der Waals surface area contributed by atoms with Crippen LogP contribution >= 0.6 is 11.3 Å². The summed E-state index contributed by atoms with van der Waals surface area (Å²) in [7, 11) is 0. The Morgan fingerprint density at radius 2 is 1.76 bits per heavy atom. The van der Waals surface area contributed by atoms with E-state index >= 15 is 0 Å². The molecule has 33 heavy (non-hydrogen) atoms. The van der Waals surface area contributed by atoms with Crippen molar-refractivity contribution in [3.63, 3.8) is 0 Å². The number of aromatic nitrogens is 2. The summed E-state index contributed by atoms with van der Waals surface area (Å²) in [5, 5.41) is 0. The van der Waals surface area contributed by atoms with Crippen molar-refractivity contribution in [1.29, 1.82) is 0 Å². The first-order valence-electron chi connectivity index (χ1n) is 11.7. The molecule has 2 aromatic carbocycles. The summed E-state index contributed by atoms with van der Waals surface area (Å²) in [5.41, 5.74) is 5.98. The molecule has 1 saturated heterocycles. The number of thiazole rings is 1. The van der Waals surface area contributed by atoms with E-state index in [-0.39, 0.29) is 11.3 Å². The largest absolute Gasteiger partial charge is 0.340 e. The molecule has 2 aromatic heterocycles. The molecular formula is C27H32N4OS. The van der Waals surface area contributed by atoms with Crippen molar-refractivity contribution in [3.05, 3.63) is 59.8 Å². The maximum absolute atomic E-state index is 12.7. The second-order valence-electron chi connectivity index (χ2n) is 10.4. The lowest BCUT2D eigenvalue weighted by Gasteiger charge is -2.36. The van der Waals surface area contributed by atoms with Crippen LogP contribution in [-0.2, 0) is 11.3 Å². The first kappa shape index (κ1) is 22.1. The predicted octanol–water partition coefficient (Wildman–Crippen LogP) is 5.60. The third-order valence-corrected chi connectivity index (χ3v) is 7.33. The van der Waals surface area contributed by atoms with Gasteiger partial charge in [0.2, 0.25) is 5.91 Å². The summed E-state index contributed by atoms with van der Waals surface area (Å²) in [4.78, 5) is 23.3. The number of amides is 1. The standard InChI is InChI=1S/C27H32N4OS/c1-19-10-11-21-23(16-19)33-26-28-25(20-8-6-5-7-9-20)22(31(21)26)18-29-12-14-30(15-13-29)24(32)17-27(2,3)4/h5-11,16H,12-15,17-18H2,1-4H3. The zero-order chi connectivity index (χ0) is 23.2. The van der Waals surface area contributed by atoms with Gasteiger partial charge in [-0.15, -0.1) is 0 Å². The van der Waals surface area contributed by atoms with Crippen molar-refractivity contribution in [2.75, 3.05) is 26.2 Å². The number of imidazole rings is 1. The molecule has 4 aromatic rings. The summed E-state index contributed by atoms with van der Waals surface area (Å²) in [6.07, 6.45) is 0.606. The second kappa shape index (κ2) is 8.58. The summed E-state index contributed by atoms with van der Waals surface area (Å²) in [5.74, 6) is 0.276. The van der Waals surface area contributed by atoms with Gasteiger partial charge in [0.05, 0.1) is 21.6 Å². The molecule has 0 radical (unpaired) electrons. The van der Waals surface area contributed by atoms with E-state index in [1.165, 1.54) is 21.5 Å². The summed E-state index contributed by atoms with van der Waals surface area (Å²) < 4.78 is 3.62. The van der Waals surface area contributed by atoms with E-state index in [9.17, 15) is 4.79 Å². The summed E-state index contributed by atoms with van der Waals surface area (Å²) in [6, 6.07) is 17.1. The quantitative estimate of drug-likeness (QED) is 0.398. The minimum Gasteiger partial charge on any atom is -0.340 e. The average molecular weight is 461 g/mol. The van der Waals surface area contributed by atoms with E-state index in [2.05, 4.69) is 79.5 Å². The smallest absolute Gasteiger partial charge is 0.223 e. The summed E-state index contributed by atoms with van der Waals surface area (Å²) >= 11 is 1.76. The molecule has 6 heteroatoms. The zero-order valence-corrected chi connectivity index (χ0v) is 20.8. The number of hydrogen-bond donors (Lipinski definition) is 0. The van der Waals surface area contributed by atoms with Crippen molar-refractivity contribution in [3.8, 4) is 11.3 Å². The van der Waals surface area contributed by atoms with E-state index in [0.717, 1.165) is 48.9 Å². The van der Waals surface area contributed by atoms with Crippen LogP contribution in [0.2, 0.25) is 0 Å². The van der Waals surface area contributed by atoms with Gasteiger partial charge in [0.25, 0.3) is 0 Å². The van der Waals surface area contributed by atoms with Gasteiger partial charge in [-0.3, -0.25) is 14.1 Å². The van der Waals surface area contributed by atoms with Crippen LogP contribution in [0.5, 0.6) is 0 Å². The van der Waals surface area contributed by atoms with E-state index in [0.29, 0.717) is 6.42 Å². The normalized spacial score (nSPS) is 15.6. The molecule has 0 unspecified atom stereocenters. The van der Waals surface area contributed by atoms with Crippen LogP contribution in [-0.4, -0.2) is 51.3 Å². The zero-order valence-electron chi connectivity index (χ0n) is 20.0. The highest BCUT2D eigenvalue weighted by molar-refractivity contribution is 7.23. The fraction of sp³-hybridized carbons (Fsp3) is 0.407. The van der Waals surface area contributed by atoms with Crippen LogP contribution in [0, 0.1) is 12.3 Å². The molecular weight excluding hydrogens is 428 g/mol. The Morgan fingerprint density at radius 3 is 2.45 bits per heavy atom. The topological polar surface area (TPSA) is 40.9 Å². The van der Waals surface area contributed by atoms with Crippen LogP contribution < -0.4 is 0 Å². The number of piperazine rings is 1. The molecule has 0 saturated carbocycles. The number of nitrogens with zero attached hydrogens (tertiary/aromatic N) is 4. The lowest BCUT2D eigenvalue weighted by Crippen LogP contribution is -2.49. The molecule has 1 fully saturated rings. The molecule has 1 aliphatic rings. The van der Waals surface area contributed by atoms with Gasteiger partial charge in [-0.25, -0.2) is 4.98 Å². The SMILES string of the molecule is Cc1ccc2c(c1)sc1nc(-c3ccccc3)c(CN3CCN(C(=O)CC(C)(C)C)CC3)n12. The Labute approximate surface area is 199 Å². The van der Waals surface area contributed by atoms with Crippen molar-refractivity contribution in [2.45, 2.75) is 40.7 Å². The Morgan fingerprint density at radius 1 is 1.03 bits per heavy atom. The van der Waals surface area contributed by atoms with Gasteiger partial charge >= 0.3 is 0 Å². The molecule has 0 atom stereocenters. The fourth-order valence-corrected chi connectivity index (χ4v) is 5.78. The van der Waals surface area contributed by atoms with Gasteiger partial charge in [0.15, 0.2) is 4.96 Å². The highest BCUT2D eigenvalue weighted by Gasteiger charge is 2.27. The van der Waals surface area contributed by atoms with Crippen LogP contribution in [0.3, 0.4) is 0 Å². The molecule has 0 bridgehead atoms. The first-order chi connectivity index (χ1) is 15.8. The van der Waals surface area contributed by atoms with Crippen molar-refractivity contribution < 1.29 is 4.79 Å². The predicted molar refractivity (Wildman–Crippen MR) is 137 cm³/mol. The van der Waals surface area contributed by atoms with E-state index in [4.69, 9.17) is 4.98 Å². The second-order valence-corrected chi connectivity index (χ2v) is 11.4. The average Bonchev–Trinajstić information content (AvgIpc) is 3.29. The molecule has 0 spiro atoms. The summed E-state index contributed by atoms with van der Waals surface area (Å²) in [6.45, 7) is 12.7. The minimum atomic E-state index is 0.0281. The number of benzene rings is 2. The van der Waals surface area contributed by atoms with Crippen LogP contribution in [0.1, 0.15) is 38.4 Å². The molecule has 172 valence electrons. The van der Waals surface area contributed by atoms with Crippen LogP contribution in [0.4, 0.5) is 0 Å². The van der Waals surface area contributed by atoms with Gasteiger partial charge in [0, 0.05) is 44.7 Å². The van der Waals surface area contributed by atoms with E-state index in [1.54, 1.807) is 11.3 Å². The van der Waals surface area contributed by atoms with E-state index in [1.807, 2.05) is 11.0 Å². The van der Waals surface area contributed by atoms with Gasteiger partial charge in [-0.1, -0.05) is 68.5 Å². The number of hydrogen-bond acceptors (Lipinski definition) is 4. The lowest BCUT2D eigenvalue weighted by atomic mass is 9.91. The lowest BCUT2D eigenvalue weighted by molar-refractivity contribution is -0.134. The van der Waals surface area contributed by atoms with Crippen LogP contribution in [0.25, 0.3) is 26.4 Å². The van der Waals surface area contributed by atoms with Crippen molar-refractivity contribution >= 4 is 32.4 Å². The Kier molecular flexibility index (Phi) is 5.75. The molecule has 5 rings (SSSR count). The Hall–Kier alpha value is -2.70. The Balaban J connectivity index is 1.45. The molecule has 3 heterocycles. The molecule has 1 aliphatic heterocycles. The minimum absolute atomic E-state index is 0.0281. The monoisotopic (exact) mass is 460 g/mol. The van der Waals surface area contributed by atoms with Crippen LogP contribution in [0.15, 0.2) is 48.5 Å². The van der Waals surface area contributed by atoms with Gasteiger partial charge in [0.1, 0.15) is 0 Å². The highest BCUT2D eigenvalue weighted by Crippen LogP contribution is 2.34. The number of carbonyl (C=O) groups excluding carboxylic acids is 1. The highest BCUT2D eigenvalue weighted by atomic mass is 32.1. The third-order valence-electron chi connectivity index (χ3n) is 6.33. The van der Waals surface area contributed by atoms with Crippen molar-refractivity contribution in [2.24, 2.45) is 5.41 Å². The van der Waals surface area contributed by atoms with E-state index < -0.39 is 0 Å². The maximum atomic E-state index is 12.7. The Bertz CT molecular complexity index is 1290. The molecule has 5 nitrogen and oxygen atoms in total. The van der Waals surface area contributed by atoms with Crippen molar-refractivity contribution in [1.82, 2.24) is 19.2 Å². The van der Waals surface area contributed by atoms with Gasteiger partial charge in [-0.05, 0) is 30.0 Å². The molecule has 1 amide bonds. The third kappa shape index (κ3) is 4.55. The first-order valence-corrected chi connectivity index (χ1v) is 12.6. The number of rotatable bonds is 4. The maximum Gasteiger partial charge on any atom is 0.223 e. The number of carbonyl (C=O) groups is 1. The molecule has 0 aliphatic carbocycles. The van der Waals surface area contributed by atoms with Gasteiger partial charge in [-0.2, -0.15) is 0 Å². The fourth-order valence-electron chi connectivity index (χ4n) is 4.64. The number of fused-ring (bicyclic) bond motifs is 3. The van der Waals surface area contributed by atoms with Gasteiger partial charge < -0.3 is 4.90 Å². The molecule has 0 N–H and O–H groups in total.